The minimum Gasteiger partial charge on any atom is -0.480 e. The summed E-state index contributed by atoms with van der Waals surface area (Å²) in [5, 5.41) is 25.5. The summed E-state index contributed by atoms with van der Waals surface area (Å²) in [6.07, 6.45) is 0.0111. The van der Waals surface area contributed by atoms with Gasteiger partial charge < -0.3 is 21.5 Å². The maximum absolute atomic E-state index is 13.0. The summed E-state index contributed by atoms with van der Waals surface area (Å²) in [6.45, 7) is 3.66. The van der Waals surface area contributed by atoms with E-state index in [1.54, 1.807) is 0 Å². The summed E-state index contributed by atoms with van der Waals surface area (Å²) in [5.41, 5.74) is 4.74. The number of benzene rings is 1. The second-order valence-electron chi connectivity index (χ2n) is 7.02. The number of nitrogens with one attached hydrogen (secondary N) is 2. The van der Waals surface area contributed by atoms with Crippen LogP contribution >= 0.6 is 0 Å². The van der Waals surface area contributed by atoms with Crippen LogP contribution in [0.15, 0.2) is 29.2 Å². The highest BCUT2D eigenvalue weighted by Crippen LogP contribution is 2.27. The van der Waals surface area contributed by atoms with Crippen molar-refractivity contribution in [2.75, 3.05) is 13.1 Å². The molecule has 0 aromatic heterocycles. The van der Waals surface area contributed by atoms with E-state index >= 15 is 0 Å². The van der Waals surface area contributed by atoms with Crippen LogP contribution in [0.5, 0.6) is 0 Å². The van der Waals surface area contributed by atoms with Gasteiger partial charge in [0.2, 0.25) is 11.8 Å². The van der Waals surface area contributed by atoms with Crippen LogP contribution in [0.3, 0.4) is 0 Å². The molecular weight excluding hydrogens is 446 g/mol. The largest absolute Gasteiger partial charge is 0.480 e. The molecule has 0 spiro atoms. The van der Waals surface area contributed by atoms with Gasteiger partial charge >= 0.3 is 5.97 Å². The number of hydrogen-bond acceptors (Lipinski definition) is 8. The Morgan fingerprint density at radius 1 is 1.19 bits per heavy atom. The first-order chi connectivity index (χ1) is 14.8. The van der Waals surface area contributed by atoms with E-state index < -0.39 is 61.4 Å². The lowest BCUT2D eigenvalue weighted by Gasteiger charge is -2.25. The number of hydrogen-bond donors (Lipinski definition) is 4. The Hall–Kier alpha value is -3.10. The summed E-state index contributed by atoms with van der Waals surface area (Å²) in [6, 6.07) is 1.42. The summed E-state index contributed by atoms with van der Waals surface area (Å²) in [5.74, 6) is -2.51. The lowest BCUT2D eigenvalue weighted by atomic mass is 10.2. The molecule has 3 atom stereocenters. The predicted octanol–water partition coefficient (Wildman–Crippen LogP) is -0.583. The third-order valence-electron chi connectivity index (χ3n) is 4.46. The number of nitro benzene ring substituents is 1. The van der Waals surface area contributed by atoms with Crippen LogP contribution in [0, 0.1) is 10.1 Å². The number of nitro groups is 1. The van der Waals surface area contributed by atoms with Crippen LogP contribution in [-0.2, 0) is 24.4 Å². The van der Waals surface area contributed by atoms with Crippen molar-refractivity contribution in [3.8, 4) is 0 Å². The minimum absolute atomic E-state index is 0.0111. The van der Waals surface area contributed by atoms with Crippen LogP contribution in [0.25, 0.3) is 0 Å². The molecule has 0 unspecified atom stereocenters. The Labute approximate surface area is 185 Å². The molecule has 0 saturated heterocycles. The number of nitrogens with zero attached hydrogens (tertiary/aromatic N) is 2. The fraction of sp³-hybridized carbons (Fsp3) is 0.500. The van der Waals surface area contributed by atoms with E-state index in [0.29, 0.717) is 4.31 Å². The van der Waals surface area contributed by atoms with Crippen molar-refractivity contribution in [1.29, 1.82) is 0 Å². The third-order valence-corrected chi connectivity index (χ3v) is 6.48. The van der Waals surface area contributed by atoms with E-state index in [1.165, 1.54) is 26.0 Å². The predicted molar refractivity (Wildman–Crippen MR) is 113 cm³/mol. The van der Waals surface area contributed by atoms with Crippen LogP contribution in [0.4, 0.5) is 5.69 Å². The molecule has 0 aliphatic carbocycles. The second kappa shape index (κ2) is 11.5. The fourth-order valence-corrected chi connectivity index (χ4v) is 4.39. The van der Waals surface area contributed by atoms with Gasteiger partial charge in [0.25, 0.3) is 15.7 Å². The van der Waals surface area contributed by atoms with Crippen molar-refractivity contribution in [2.45, 2.75) is 50.2 Å². The number of amides is 2. The van der Waals surface area contributed by atoms with E-state index in [9.17, 15) is 38.0 Å². The van der Waals surface area contributed by atoms with Crippen LogP contribution < -0.4 is 16.4 Å². The number of carboxylic acid groups (broad SMARTS) is 1. The number of nitrogens with two attached hydrogens (primary N) is 1. The fourth-order valence-electron chi connectivity index (χ4n) is 2.61. The number of sulfonamides is 1. The molecule has 32 heavy (non-hydrogen) atoms. The van der Waals surface area contributed by atoms with Gasteiger partial charge in [-0.05, 0) is 33.3 Å². The van der Waals surface area contributed by atoms with Crippen molar-refractivity contribution < 1.29 is 32.8 Å². The zero-order valence-corrected chi connectivity index (χ0v) is 18.7. The minimum atomic E-state index is -4.54. The first-order valence-corrected chi connectivity index (χ1v) is 11.1. The molecule has 0 heterocycles. The summed E-state index contributed by atoms with van der Waals surface area (Å²) in [4.78, 5) is 44.8. The average molecular weight is 474 g/mol. The van der Waals surface area contributed by atoms with E-state index in [0.717, 1.165) is 19.1 Å². The Morgan fingerprint density at radius 3 is 2.31 bits per heavy atom. The highest BCUT2D eigenvalue weighted by molar-refractivity contribution is 7.89. The van der Waals surface area contributed by atoms with Gasteiger partial charge in [0.15, 0.2) is 4.90 Å². The summed E-state index contributed by atoms with van der Waals surface area (Å²) >= 11 is 0. The van der Waals surface area contributed by atoms with Crippen LogP contribution in [0.2, 0.25) is 0 Å². The number of para-hydroxylation sites is 1. The molecule has 0 bridgehead atoms. The molecule has 5 N–H and O–H groups in total. The van der Waals surface area contributed by atoms with Gasteiger partial charge in [-0.1, -0.05) is 12.1 Å². The van der Waals surface area contributed by atoms with E-state index in [2.05, 4.69) is 10.6 Å². The first-order valence-electron chi connectivity index (χ1n) is 9.62. The van der Waals surface area contributed by atoms with E-state index in [4.69, 9.17) is 5.73 Å². The molecule has 0 saturated carbocycles. The van der Waals surface area contributed by atoms with Gasteiger partial charge in [-0.2, -0.15) is 4.31 Å². The molecule has 0 aliphatic rings. The van der Waals surface area contributed by atoms with Crippen molar-refractivity contribution in [2.24, 2.45) is 5.73 Å². The monoisotopic (exact) mass is 473 g/mol. The normalized spacial score (nSPS) is 14.3. The van der Waals surface area contributed by atoms with Gasteiger partial charge in [0, 0.05) is 19.2 Å². The van der Waals surface area contributed by atoms with Gasteiger partial charge in [0.1, 0.15) is 12.1 Å². The highest BCUT2D eigenvalue weighted by Gasteiger charge is 2.36. The molecule has 0 radical (unpaired) electrons. The Balaban J connectivity index is 2.93. The second-order valence-corrected chi connectivity index (χ2v) is 8.88. The first kappa shape index (κ1) is 26.9. The molecule has 1 aromatic rings. The zero-order chi connectivity index (χ0) is 24.6. The summed E-state index contributed by atoms with van der Waals surface area (Å²) in [7, 11) is -4.54. The lowest BCUT2D eigenvalue weighted by Crippen LogP contribution is -2.50. The smallest absolute Gasteiger partial charge is 0.321 e. The standard InChI is InChI=1S/C18H27N5O8S/c1-11(19)16(24)21-12(2)17(25)20-9-6-10-22(13(3)18(26)27)32(30,31)15-8-5-4-7-14(15)23(28)29/h4-5,7-8,11-13H,6,9-10,19H2,1-3H3,(H,20,25)(H,21,24)(H,26,27)/t11-,12-,13+/m1/s1. The molecule has 1 aromatic carbocycles. The Morgan fingerprint density at radius 2 is 1.78 bits per heavy atom. The van der Waals surface area contributed by atoms with Crippen LogP contribution in [-0.4, -0.2) is 71.8 Å². The maximum Gasteiger partial charge on any atom is 0.321 e. The van der Waals surface area contributed by atoms with Gasteiger partial charge in [-0.25, -0.2) is 8.42 Å². The molecule has 0 fully saturated rings. The molecule has 1 rings (SSSR count). The van der Waals surface area contributed by atoms with E-state index in [-0.39, 0.29) is 19.5 Å². The Bertz CT molecular complexity index is 966. The molecule has 0 aliphatic heterocycles. The molecule has 14 heteroatoms. The number of carbonyl (C=O) groups excluding carboxylic acids is 2. The quantitative estimate of drug-likeness (QED) is 0.174. The van der Waals surface area contributed by atoms with Gasteiger partial charge in [0.05, 0.1) is 11.0 Å². The van der Waals surface area contributed by atoms with Crippen molar-refractivity contribution in [3.05, 3.63) is 34.4 Å². The SMILES string of the molecule is C[C@@H](N)C(=O)N[C@H](C)C(=O)NCCCN([C@@H](C)C(=O)O)S(=O)(=O)c1ccccc1[N+](=O)[O-]. The molecular formula is C18H27N5O8S. The average Bonchev–Trinajstić information content (AvgIpc) is 2.72. The summed E-state index contributed by atoms with van der Waals surface area (Å²) < 4.78 is 26.7. The van der Waals surface area contributed by atoms with Crippen molar-refractivity contribution in [3.63, 3.8) is 0 Å². The molecule has 2 amide bonds. The number of carboxylic acids is 1. The van der Waals surface area contributed by atoms with Crippen molar-refractivity contribution in [1.82, 2.24) is 14.9 Å². The molecule has 13 nitrogen and oxygen atoms in total. The zero-order valence-electron chi connectivity index (χ0n) is 17.8. The highest BCUT2D eigenvalue weighted by atomic mass is 32.2. The maximum atomic E-state index is 13.0. The number of aliphatic carboxylic acids is 1. The van der Waals surface area contributed by atoms with Gasteiger partial charge in [-0.15, -0.1) is 0 Å². The van der Waals surface area contributed by atoms with Gasteiger partial charge in [-0.3, -0.25) is 24.5 Å². The van der Waals surface area contributed by atoms with E-state index in [1.807, 2.05) is 0 Å². The number of rotatable bonds is 12. The Kier molecular flexibility index (Phi) is 9.68. The topological polar surface area (TPSA) is 202 Å². The van der Waals surface area contributed by atoms with Crippen molar-refractivity contribution >= 4 is 33.5 Å². The lowest BCUT2D eigenvalue weighted by molar-refractivity contribution is -0.387. The number of carbonyl (C=O) groups is 3. The third kappa shape index (κ3) is 6.96. The molecule has 178 valence electrons. The van der Waals surface area contributed by atoms with Crippen LogP contribution in [0.1, 0.15) is 27.2 Å².